The van der Waals surface area contributed by atoms with Crippen LogP contribution in [0.5, 0.6) is 0 Å². The Morgan fingerprint density at radius 2 is 2.44 bits per heavy atom. The van der Waals surface area contributed by atoms with Gasteiger partial charge in [-0.2, -0.15) is 11.8 Å². The molecule has 1 aliphatic rings. The summed E-state index contributed by atoms with van der Waals surface area (Å²) in [4.78, 5) is 15.1. The van der Waals surface area contributed by atoms with Gasteiger partial charge in [0.05, 0.1) is 10.3 Å². The summed E-state index contributed by atoms with van der Waals surface area (Å²) in [7, 11) is 1.88. The van der Waals surface area contributed by atoms with Gasteiger partial charge in [0.1, 0.15) is 0 Å². The van der Waals surface area contributed by atoms with E-state index in [1.165, 1.54) is 4.88 Å². The van der Waals surface area contributed by atoms with Crippen molar-refractivity contribution in [2.45, 2.75) is 19.0 Å². The summed E-state index contributed by atoms with van der Waals surface area (Å²) >= 11 is 7.05. The molecule has 1 aromatic heterocycles. The van der Waals surface area contributed by atoms with Crippen LogP contribution in [-0.4, -0.2) is 41.9 Å². The monoisotopic (exact) mass is 348 g/mol. The van der Waals surface area contributed by atoms with Crippen LogP contribution in [0.25, 0.3) is 0 Å². The van der Waals surface area contributed by atoms with Gasteiger partial charge in [-0.05, 0) is 28.1 Å². The molecule has 0 saturated carbocycles. The van der Waals surface area contributed by atoms with Gasteiger partial charge in [0.15, 0.2) is 0 Å². The molecule has 18 heavy (non-hydrogen) atoms. The fraction of sp³-hybridized carbons (Fsp3) is 0.583. The summed E-state index contributed by atoms with van der Waals surface area (Å²) in [6.07, 6.45) is 0.607. The third kappa shape index (κ3) is 4.26. The zero-order chi connectivity index (χ0) is 13.0. The molecule has 3 nitrogen and oxygen atoms in total. The molecule has 0 bridgehead atoms. The highest BCUT2D eigenvalue weighted by Crippen LogP contribution is 2.23. The Balaban J connectivity index is 1.80. The van der Waals surface area contributed by atoms with E-state index in [0.717, 1.165) is 21.8 Å². The highest BCUT2D eigenvalue weighted by Gasteiger charge is 2.19. The zero-order valence-corrected chi connectivity index (χ0v) is 13.5. The predicted molar refractivity (Wildman–Crippen MR) is 82.2 cm³/mol. The minimum Gasteiger partial charge on any atom is -0.341 e. The van der Waals surface area contributed by atoms with Gasteiger partial charge in [-0.3, -0.25) is 4.79 Å². The first kappa shape index (κ1) is 14.4. The first-order valence-corrected chi connectivity index (χ1v) is 8.71. The van der Waals surface area contributed by atoms with Crippen LogP contribution in [0.15, 0.2) is 15.9 Å². The summed E-state index contributed by atoms with van der Waals surface area (Å²) in [6.45, 7) is 1.72. The summed E-state index contributed by atoms with van der Waals surface area (Å²) in [5.41, 5.74) is 0. The number of thiophene rings is 1. The van der Waals surface area contributed by atoms with E-state index >= 15 is 0 Å². The van der Waals surface area contributed by atoms with E-state index in [1.807, 2.05) is 29.8 Å². The van der Waals surface area contributed by atoms with Gasteiger partial charge in [0.25, 0.3) is 0 Å². The maximum atomic E-state index is 12.1. The van der Waals surface area contributed by atoms with E-state index in [0.29, 0.717) is 19.0 Å². The molecule has 6 heteroatoms. The molecule has 100 valence electrons. The maximum absolute atomic E-state index is 12.1. The fourth-order valence-corrected chi connectivity index (χ4v) is 4.36. The lowest BCUT2D eigenvalue weighted by Crippen LogP contribution is -2.41. The van der Waals surface area contributed by atoms with E-state index in [2.05, 4.69) is 27.3 Å². The normalized spacial score (nSPS) is 19.8. The van der Waals surface area contributed by atoms with E-state index < -0.39 is 0 Å². The van der Waals surface area contributed by atoms with E-state index in [4.69, 9.17) is 0 Å². The number of halogens is 1. The van der Waals surface area contributed by atoms with Crippen molar-refractivity contribution in [2.75, 3.05) is 25.1 Å². The minimum absolute atomic E-state index is 0.222. The van der Waals surface area contributed by atoms with Crippen LogP contribution in [0, 0.1) is 0 Å². The molecule has 1 aliphatic heterocycles. The summed E-state index contributed by atoms with van der Waals surface area (Å²) < 4.78 is 1.11. The van der Waals surface area contributed by atoms with Crippen molar-refractivity contribution in [3.63, 3.8) is 0 Å². The Morgan fingerprint density at radius 1 is 1.61 bits per heavy atom. The molecule has 0 spiro atoms. The number of rotatable bonds is 4. The fourth-order valence-electron chi connectivity index (χ4n) is 1.88. The first-order valence-electron chi connectivity index (χ1n) is 5.94. The molecule has 2 rings (SSSR count). The van der Waals surface area contributed by atoms with Crippen LogP contribution in [0.1, 0.15) is 11.3 Å². The average Bonchev–Trinajstić information content (AvgIpc) is 2.76. The number of thioether (sulfide) groups is 1. The van der Waals surface area contributed by atoms with Crippen molar-refractivity contribution in [2.24, 2.45) is 0 Å². The molecule has 1 atom stereocenters. The lowest BCUT2D eigenvalue weighted by Gasteiger charge is -2.25. The maximum Gasteiger partial charge on any atom is 0.224 e. The summed E-state index contributed by atoms with van der Waals surface area (Å²) in [5.74, 6) is 2.42. The van der Waals surface area contributed by atoms with Crippen molar-refractivity contribution in [3.8, 4) is 0 Å². The molecular weight excluding hydrogens is 332 g/mol. The van der Waals surface area contributed by atoms with Crippen LogP contribution in [0.3, 0.4) is 0 Å². The molecule has 1 saturated heterocycles. The van der Waals surface area contributed by atoms with Gasteiger partial charge in [0.2, 0.25) is 5.91 Å². The second kappa shape index (κ2) is 6.93. The molecule has 1 amide bonds. The number of carbonyl (C=O) groups excluding carboxylic acids is 1. The number of carbonyl (C=O) groups is 1. The summed E-state index contributed by atoms with van der Waals surface area (Å²) in [6, 6.07) is 4.43. The molecule has 0 radical (unpaired) electrons. The van der Waals surface area contributed by atoms with Gasteiger partial charge in [0, 0.05) is 42.4 Å². The van der Waals surface area contributed by atoms with E-state index in [-0.39, 0.29) is 5.91 Å². The molecule has 0 aliphatic carbocycles. The lowest BCUT2D eigenvalue weighted by molar-refractivity contribution is -0.130. The second-order valence-electron chi connectivity index (χ2n) is 4.39. The Hall–Kier alpha value is -0.0400. The van der Waals surface area contributed by atoms with Crippen LogP contribution in [-0.2, 0) is 11.3 Å². The zero-order valence-electron chi connectivity index (χ0n) is 10.3. The largest absolute Gasteiger partial charge is 0.341 e. The van der Waals surface area contributed by atoms with E-state index in [1.54, 1.807) is 11.3 Å². The summed E-state index contributed by atoms with van der Waals surface area (Å²) in [5, 5.41) is 3.40. The van der Waals surface area contributed by atoms with Gasteiger partial charge < -0.3 is 10.2 Å². The number of amides is 1. The lowest BCUT2D eigenvalue weighted by atomic mass is 10.2. The van der Waals surface area contributed by atoms with Crippen LogP contribution < -0.4 is 5.32 Å². The predicted octanol–water partition coefficient (Wildman–Crippen LogP) is 2.56. The molecule has 1 aromatic rings. The smallest absolute Gasteiger partial charge is 0.224 e. The average molecular weight is 349 g/mol. The Labute approximate surface area is 124 Å². The third-order valence-electron chi connectivity index (χ3n) is 2.87. The van der Waals surface area contributed by atoms with Crippen molar-refractivity contribution < 1.29 is 4.79 Å². The third-order valence-corrected chi connectivity index (χ3v) is 5.61. The molecule has 1 N–H and O–H groups in total. The SMILES string of the molecule is CN(Cc1ccc(Br)s1)C(=O)CC1CSCCN1. The number of hydrogen-bond donors (Lipinski definition) is 1. The second-order valence-corrected chi connectivity index (χ2v) is 8.08. The topological polar surface area (TPSA) is 32.3 Å². The van der Waals surface area contributed by atoms with Crippen molar-refractivity contribution >= 4 is 44.9 Å². The van der Waals surface area contributed by atoms with Crippen LogP contribution in [0.2, 0.25) is 0 Å². The molecule has 2 heterocycles. The first-order chi connectivity index (χ1) is 8.65. The van der Waals surface area contributed by atoms with E-state index in [9.17, 15) is 4.79 Å². The number of nitrogens with zero attached hydrogens (tertiary/aromatic N) is 1. The van der Waals surface area contributed by atoms with Crippen molar-refractivity contribution in [3.05, 3.63) is 20.8 Å². The Bertz CT molecular complexity index is 405. The number of nitrogens with one attached hydrogen (secondary N) is 1. The van der Waals surface area contributed by atoms with Crippen LogP contribution in [0.4, 0.5) is 0 Å². The Morgan fingerprint density at radius 3 is 3.06 bits per heavy atom. The van der Waals surface area contributed by atoms with Crippen molar-refractivity contribution in [1.82, 2.24) is 10.2 Å². The number of hydrogen-bond acceptors (Lipinski definition) is 4. The van der Waals surface area contributed by atoms with Crippen molar-refractivity contribution in [1.29, 1.82) is 0 Å². The van der Waals surface area contributed by atoms with Crippen LogP contribution >= 0.6 is 39.0 Å². The molecule has 0 aromatic carbocycles. The Kier molecular flexibility index (Phi) is 5.54. The highest BCUT2D eigenvalue weighted by atomic mass is 79.9. The molecular formula is C12H17BrN2OS2. The van der Waals surface area contributed by atoms with Gasteiger partial charge in [-0.25, -0.2) is 0 Å². The quantitative estimate of drug-likeness (QED) is 0.907. The highest BCUT2D eigenvalue weighted by molar-refractivity contribution is 9.11. The molecule has 1 fully saturated rings. The minimum atomic E-state index is 0.222. The molecule has 1 unspecified atom stereocenters. The van der Waals surface area contributed by atoms with Gasteiger partial charge in [-0.1, -0.05) is 0 Å². The van der Waals surface area contributed by atoms with Gasteiger partial charge in [-0.15, -0.1) is 11.3 Å². The standard InChI is InChI=1S/C12H17BrN2OS2/c1-15(7-10-2-3-11(13)18-10)12(16)6-9-8-17-5-4-14-9/h2-3,9,14H,4-8H2,1H3. The van der Waals surface area contributed by atoms with Gasteiger partial charge >= 0.3 is 0 Å².